The second-order valence-corrected chi connectivity index (χ2v) is 4.19. The fraction of sp³-hybridized carbons (Fsp3) is 0.182. The molecule has 3 heteroatoms. The molecule has 14 heavy (non-hydrogen) atoms. The topological polar surface area (TPSA) is 17.1 Å². The molecule has 72 valence electrons. The maximum Gasteiger partial charge on any atom is 0.160 e. The van der Waals surface area contributed by atoms with Crippen molar-refractivity contribution in [3.63, 3.8) is 0 Å². The van der Waals surface area contributed by atoms with Crippen molar-refractivity contribution in [3.8, 4) is 0 Å². The lowest BCUT2D eigenvalue weighted by molar-refractivity contribution is 0.112. The number of halogens is 1. The highest BCUT2D eigenvalue weighted by atomic mass is 32.1. The van der Waals surface area contributed by atoms with Gasteiger partial charge in [0, 0.05) is 10.1 Å². The first kappa shape index (κ1) is 9.34. The van der Waals surface area contributed by atoms with Gasteiger partial charge in [0.2, 0.25) is 0 Å². The van der Waals surface area contributed by atoms with Gasteiger partial charge in [0.05, 0.1) is 4.88 Å². The van der Waals surface area contributed by atoms with E-state index < -0.39 is 0 Å². The van der Waals surface area contributed by atoms with Crippen LogP contribution in [0.5, 0.6) is 0 Å². The van der Waals surface area contributed by atoms with Crippen molar-refractivity contribution in [2.24, 2.45) is 0 Å². The Kier molecular flexibility index (Phi) is 2.33. The summed E-state index contributed by atoms with van der Waals surface area (Å²) >= 11 is 1.32. The fourth-order valence-electron chi connectivity index (χ4n) is 1.47. The summed E-state index contributed by atoms with van der Waals surface area (Å²) in [4.78, 5) is 11.1. The predicted molar refractivity (Wildman–Crippen MR) is 56.5 cm³/mol. The smallest absolute Gasteiger partial charge is 0.160 e. The SMILES string of the molecule is CCc1ccc2sc(C=O)cc2c1F. The molecule has 0 aliphatic rings. The third kappa shape index (κ3) is 1.34. The van der Waals surface area contributed by atoms with E-state index in [9.17, 15) is 9.18 Å². The van der Waals surface area contributed by atoms with Gasteiger partial charge in [0.1, 0.15) is 5.82 Å². The minimum absolute atomic E-state index is 0.186. The van der Waals surface area contributed by atoms with Crippen LogP contribution in [-0.4, -0.2) is 6.29 Å². The van der Waals surface area contributed by atoms with Gasteiger partial charge in [-0.3, -0.25) is 4.79 Å². The Balaban J connectivity index is 2.74. The average molecular weight is 208 g/mol. The number of carbonyl (C=O) groups is 1. The maximum absolute atomic E-state index is 13.7. The minimum atomic E-state index is -0.186. The van der Waals surface area contributed by atoms with Gasteiger partial charge in [-0.05, 0) is 24.1 Å². The van der Waals surface area contributed by atoms with Crippen molar-refractivity contribution in [1.29, 1.82) is 0 Å². The summed E-state index contributed by atoms with van der Waals surface area (Å²) in [6, 6.07) is 5.26. The van der Waals surface area contributed by atoms with E-state index in [-0.39, 0.29) is 5.82 Å². The number of aldehydes is 1. The van der Waals surface area contributed by atoms with Gasteiger partial charge >= 0.3 is 0 Å². The number of carbonyl (C=O) groups excluding carboxylic acids is 1. The van der Waals surface area contributed by atoms with E-state index in [0.29, 0.717) is 22.2 Å². The largest absolute Gasteiger partial charge is 0.297 e. The molecule has 0 amide bonds. The van der Waals surface area contributed by atoms with Gasteiger partial charge < -0.3 is 0 Å². The van der Waals surface area contributed by atoms with Gasteiger partial charge in [0.15, 0.2) is 6.29 Å². The maximum atomic E-state index is 13.7. The number of benzene rings is 1. The molecule has 1 nitrogen and oxygen atoms in total. The Hall–Kier alpha value is -1.22. The quantitative estimate of drug-likeness (QED) is 0.691. The summed E-state index contributed by atoms with van der Waals surface area (Å²) in [5.41, 5.74) is 0.702. The van der Waals surface area contributed by atoms with Gasteiger partial charge in [0.25, 0.3) is 0 Å². The number of aryl methyl sites for hydroxylation is 1. The van der Waals surface area contributed by atoms with Crippen molar-refractivity contribution in [2.75, 3.05) is 0 Å². The summed E-state index contributed by atoms with van der Waals surface area (Å²) in [7, 11) is 0. The molecule has 1 aromatic heterocycles. The van der Waals surface area contributed by atoms with Crippen LogP contribution in [0.4, 0.5) is 4.39 Å². The third-order valence-electron chi connectivity index (χ3n) is 2.23. The van der Waals surface area contributed by atoms with Gasteiger partial charge in [-0.25, -0.2) is 4.39 Å². The molecular weight excluding hydrogens is 199 g/mol. The Labute approximate surface area is 85.2 Å². The van der Waals surface area contributed by atoms with E-state index in [2.05, 4.69) is 0 Å². The molecule has 0 radical (unpaired) electrons. The zero-order valence-electron chi connectivity index (χ0n) is 7.71. The highest BCUT2D eigenvalue weighted by Crippen LogP contribution is 2.28. The molecule has 2 aromatic rings. The molecule has 0 spiro atoms. The first-order valence-electron chi connectivity index (χ1n) is 4.42. The van der Waals surface area contributed by atoms with Crippen LogP contribution in [0.1, 0.15) is 22.2 Å². The molecule has 0 unspecified atom stereocenters. The molecule has 0 bridgehead atoms. The van der Waals surface area contributed by atoms with Crippen LogP contribution < -0.4 is 0 Å². The second-order valence-electron chi connectivity index (χ2n) is 3.07. The number of rotatable bonds is 2. The number of thiophene rings is 1. The standard InChI is InChI=1S/C11H9FOS/c1-2-7-3-4-10-9(11(7)12)5-8(6-13)14-10/h3-6H,2H2,1H3. The van der Waals surface area contributed by atoms with Crippen molar-refractivity contribution >= 4 is 27.7 Å². The number of hydrogen-bond acceptors (Lipinski definition) is 2. The molecule has 0 atom stereocenters. The van der Waals surface area contributed by atoms with Crippen LogP contribution in [0.2, 0.25) is 0 Å². The molecule has 0 saturated heterocycles. The molecule has 0 fully saturated rings. The molecule has 0 aliphatic carbocycles. The Morgan fingerprint density at radius 3 is 2.93 bits per heavy atom. The van der Waals surface area contributed by atoms with E-state index in [1.165, 1.54) is 11.3 Å². The molecule has 2 rings (SSSR count). The Morgan fingerprint density at radius 2 is 2.29 bits per heavy atom. The summed E-state index contributed by atoms with van der Waals surface area (Å²) in [6.45, 7) is 1.91. The summed E-state index contributed by atoms with van der Waals surface area (Å²) in [6.07, 6.45) is 1.43. The van der Waals surface area contributed by atoms with Gasteiger partial charge in [-0.15, -0.1) is 11.3 Å². The van der Waals surface area contributed by atoms with Crippen molar-refractivity contribution in [1.82, 2.24) is 0 Å². The molecular formula is C11H9FOS. The van der Waals surface area contributed by atoms with Gasteiger partial charge in [-0.2, -0.15) is 0 Å². The minimum Gasteiger partial charge on any atom is -0.297 e. The monoisotopic (exact) mass is 208 g/mol. The van der Waals surface area contributed by atoms with E-state index in [1.807, 2.05) is 13.0 Å². The Morgan fingerprint density at radius 1 is 1.50 bits per heavy atom. The molecule has 0 saturated carbocycles. The van der Waals surface area contributed by atoms with Crippen LogP contribution in [0.3, 0.4) is 0 Å². The highest BCUT2D eigenvalue weighted by molar-refractivity contribution is 7.20. The first-order chi connectivity index (χ1) is 6.76. The molecule has 1 heterocycles. The number of fused-ring (bicyclic) bond motifs is 1. The lowest BCUT2D eigenvalue weighted by Gasteiger charge is -1.99. The lowest BCUT2D eigenvalue weighted by atomic mass is 10.1. The van der Waals surface area contributed by atoms with Crippen LogP contribution in [0.25, 0.3) is 10.1 Å². The third-order valence-corrected chi connectivity index (χ3v) is 3.26. The van der Waals surface area contributed by atoms with Crippen molar-refractivity contribution in [2.45, 2.75) is 13.3 Å². The van der Waals surface area contributed by atoms with Crippen LogP contribution in [0, 0.1) is 5.82 Å². The van der Waals surface area contributed by atoms with E-state index in [1.54, 1.807) is 12.1 Å². The molecule has 0 aliphatic heterocycles. The second kappa shape index (κ2) is 3.50. The highest BCUT2D eigenvalue weighted by Gasteiger charge is 2.08. The van der Waals surface area contributed by atoms with Crippen molar-refractivity contribution in [3.05, 3.63) is 34.5 Å². The first-order valence-corrected chi connectivity index (χ1v) is 5.24. The van der Waals surface area contributed by atoms with Crippen LogP contribution in [-0.2, 0) is 6.42 Å². The normalized spacial score (nSPS) is 10.7. The number of hydrogen-bond donors (Lipinski definition) is 0. The average Bonchev–Trinajstić information content (AvgIpc) is 2.62. The Bertz CT molecular complexity index is 487. The summed E-state index contributed by atoms with van der Waals surface area (Å²) in [5.74, 6) is -0.186. The van der Waals surface area contributed by atoms with Crippen LogP contribution in [0.15, 0.2) is 18.2 Å². The van der Waals surface area contributed by atoms with Crippen molar-refractivity contribution < 1.29 is 9.18 Å². The zero-order chi connectivity index (χ0) is 10.1. The lowest BCUT2D eigenvalue weighted by Crippen LogP contribution is -1.86. The summed E-state index contributed by atoms with van der Waals surface area (Å²) < 4.78 is 14.5. The molecule has 1 aromatic carbocycles. The van der Waals surface area contributed by atoms with Crippen LogP contribution >= 0.6 is 11.3 Å². The van der Waals surface area contributed by atoms with E-state index >= 15 is 0 Å². The zero-order valence-corrected chi connectivity index (χ0v) is 8.53. The fourth-order valence-corrected chi connectivity index (χ4v) is 2.35. The van der Waals surface area contributed by atoms with E-state index in [0.717, 1.165) is 11.0 Å². The molecule has 0 N–H and O–H groups in total. The summed E-state index contributed by atoms with van der Waals surface area (Å²) in [5, 5.41) is 0.566. The van der Waals surface area contributed by atoms with Gasteiger partial charge in [-0.1, -0.05) is 13.0 Å². The predicted octanol–water partition coefficient (Wildman–Crippen LogP) is 3.42. The van der Waals surface area contributed by atoms with E-state index in [4.69, 9.17) is 0 Å².